The average molecular weight is 254 g/mol. The van der Waals surface area contributed by atoms with E-state index in [1.165, 1.54) is 5.56 Å². The highest BCUT2D eigenvalue weighted by molar-refractivity contribution is 6.30. The first-order chi connectivity index (χ1) is 8.00. The normalized spacial score (nSPS) is 13.4. The van der Waals surface area contributed by atoms with Crippen molar-refractivity contribution in [2.45, 2.75) is 33.6 Å². The maximum absolute atomic E-state index is 6.06. The lowest BCUT2D eigenvalue weighted by atomic mass is 9.88. The lowest BCUT2D eigenvalue weighted by Gasteiger charge is -2.22. The van der Waals surface area contributed by atoms with Gasteiger partial charge in [0.05, 0.1) is 0 Å². The Kier molecular flexibility index (Phi) is 6.01. The largest absolute Gasteiger partial charge is 0.316 e. The Morgan fingerprint density at radius 1 is 1.12 bits per heavy atom. The zero-order valence-electron chi connectivity index (χ0n) is 11.3. The van der Waals surface area contributed by atoms with E-state index in [1.807, 2.05) is 12.1 Å². The van der Waals surface area contributed by atoms with Crippen molar-refractivity contribution >= 4 is 11.6 Å². The van der Waals surface area contributed by atoms with Gasteiger partial charge in [0.25, 0.3) is 0 Å². The van der Waals surface area contributed by atoms with Crippen molar-refractivity contribution in [1.29, 1.82) is 0 Å². The molecule has 1 N–H and O–H groups in total. The van der Waals surface area contributed by atoms with Gasteiger partial charge in [0, 0.05) is 11.6 Å². The van der Waals surface area contributed by atoms with Crippen LogP contribution in [-0.4, -0.2) is 13.1 Å². The second-order valence-corrected chi connectivity index (χ2v) is 5.89. The topological polar surface area (TPSA) is 12.0 Å². The van der Waals surface area contributed by atoms with Crippen LogP contribution < -0.4 is 5.32 Å². The number of halogens is 1. The van der Waals surface area contributed by atoms with E-state index in [9.17, 15) is 0 Å². The van der Waals surface area contributed by atoms with E-state index in [0.717, 1.165) is 18.1 Å². The molecule has 17 heavy (non-hydrogen) atoms. The van der Waals surface area contributed by atoms with Crippen LogP contribution in [0.1, 0.15) is 39.2 Å². The Hall–Kier alpha value is -0.530. The van der Waals surface area contributed by atoms with E-state index in [0.29, 0.717) is 17.8 Å². The first-order valence-electron chi connectivity index (χ1n) is 6.47. The number of benzene rings is 1. The standard InChI is InChI=1S/C15H24ClN/c1-11(2)9-17-10-15(12(3)4)13-6-5-7-14(16)8-13/h5-8,11-12,15,17H,9-10H2,1-4H3. The molecule has 2 heteroatoms. The summed E-state index contributed by atoms with van der Waals surface area (Å²) in [5, 5.41) is 4.37. The Morgan fingerprint density at radius 2 is 1.82 bits per heavy atom. The SMILES string of the molecule is CC(C)CNCC(c1cccc(Cl)c1)C(C)C. The van der Waals surface area contributed by atoms with Crippen molar-refractivity contribution in [3.8, 4) is 0 Å². The molecule has 0 spiro atoms. The predicted molar refractivity (Wildman–Crippen MR) is 76.7 cm³/mol. The van der Waals surface area contributed by atoms with E-state index in [4.69, 9.17) is 11.6 Å². The second-order valence-electron chi connectivity index (χ2n) is 5.46. The summed E-state index contributed by atoms with van der Waals surface area (Å²) in [6.07, 6.45) is 0. The number of rotatable bonds is 6. The van der Waals surface area contributed by atoms with Gasteiger partial charge in [-0.3, -0.25) is 0 Å². The third-order valence-electron chi connectivity index (χ3n) is 3.00. The number of hydrogen-bond acceptors (Lipinski definition) is 1. The minimum absolute atomic E-state index is 0.535. The molecule has 1 unspecified atom stereocenters. The van der Waals surface area contributed by atoms with Crippen molar-refractivity contribution in [2.75, 3.05) is 13.1 Å². The average Bonchev–Trinajstić information content (AvgIpc) is 2.23. The minimum atomic E-state index is 0.535. The summed E-state index contributed by atoms with van der Waals surface area (Å²) < 4.78 is 0. The van der Waals surface area contributed by atoms with Crippen LogP contribution in [0.15, 0.2) is 24.3 Å². The van der Waals surface area contributed by atoms with Gasteiger partial charge in [0.2, 0.25) is 0 Å². The molecule has 0 amide bonds. The molecule has 0 saturated heterocycles. The van der Waals surface area contributed by atoms with E-state index in [2.05, 4.69) is 45.1 Å². The lowest BCUT2D eigenvalue weighted by Crippen LogP contribution is -2.27. The summed E-state index contributed by atoms with van der Waals surface area (Å²) in [5.74, 6) is 1.85. The molecule has 1 nitrogen and oxygen atoms in total. The minimum Gasteiger partial charge on any atom is -0.316 e. The molecule has 0 heterocycles. The highest BCUT2D eigenvalue weighted by atomic mass is 35.5. The fraction of sp³-hybridized carbons (Fsp3) is 0.600. The van der Waals surface area contributed by atoms with Crippen LogP contribution in [0.25, 0.3) is 0 Å². The molecular formula is C15H24ClN. The van der Waals surface area contributed by atoms with Crippen molar-refractivity contribution in [3.63, 3.8) is 0 Å². The third-order valence-corrected chi connectivity index (χ3v) is 3.23. The number of hydrogen-bond donors (Lipinski definition) is 1. The van der Waals surface area contributed by atoms with Crippen molar-refractivity contribution in [3.05, 3.63) is 34.9 Å². The van der Waals surface area contributed by atoms with Crippen LogP contribution in [0, 0.1) is 11.8 Å². The van der Waals surface area contributed by atoms with Gasteiger partial charge >= 0.3 is 0 Å². The molecule has 0 aliphatic heterocycles. The molecule has 96 valence electrons. The second kappa shape index (κ2) is 7.03. The van der Waals surface area contributed by atoms with Gasteiger partial charge in [-0.2, -0.15) is 0 Å². The fourth-order valence-corrected chi connectivity index (χ4v) is 2.20. The van der Waals surface area contributed by atoms with E-state index in [1.54, 1.807) is 0 Å². The summed E-state index contributed by atoms with van der Waals surface area (Å²) >= 11 is 6.06. The van der Waals surface area contributed by atoms with Gasteiger partial charge in [-0.1, -0.05) is 51.4 Å². The Balaban J connectivity index is 2.66. The Bertz CT molecular complexity index is 333. The molecule has 1 rings (SSSR count). The third kappa shape index (κ3) is 5.10. The van der Waals surface area contributed by atoms with Gasteiger partial charge in [-0.05, 0) is 42.0 Å². The molecule has 0 bridgehead atoms. The molecule has 0 aromatic heterocycles. The highest BCUT2D eigenvalue weighted by Crippen LogP contribution is 2.25. The van der Waals surface area contributed by atoms with Crippen LogP contribution >= 0.6 is 11.6 Å². The fourth-order valence-electron chi connectivity index (χ4n) is 2.00. The summed E-state index contributed by atoms with van der Waals surface area (Å²) in [6, 6.07) is 8.23. The molecule has 0 aliphatic rings. The van der Waals surface area contributed by atoms with E-state index < -0.39 is 0 Å². The summed E-state index contributed by atoms with van der Waals surface area (Å²) in [6.45, 7) is 11.1. The zero-order valence-corrected chi connectivity index (χ0v) is 12.1. The van der Waals surface area contributed by atoms with Crippen molar-refractivity contribution in [2.24, 2.45) is 11.8 Å². The molecular weight excluding hydrogens is 230 g/mol. The number of nitrogens with one attached hydrogen (secondary N) is 1. The first-order valence-corrected chi connectivity index (χ1v) is 6.84. The highest BCUT2D eigenvalue weighted by Gasteiger charge is 2.15. The quantitative estimate of drug-likeness (QED) is 0.796. The molecule has 1 aromatic rings. The van der Waals surface area contributed by atoms with Gasteiger partial charge in [-0.15, -0.1) is 0 Å². The van der Waals surface area contributed by atoms with Gasteiger partial charge < -0.3 is 5.32 Å². The smallest absolute Gasteiger partial charge is 0.0408 e. The van der Waals surface area contributed by atoms with Crippen LogP contribution in [0.4, 0.5) is 0 Å². The Labute approximate surface area is 111 Å². The molecule has 1 atom stereocenters. The molecule has 0 saturated carbocycles. The maximum Gasteiger partial charge on any atom is 0.0408 e. The predicted octanol–water partition coefficient (Wildman–Crippen LogP) is 4.33. The lowest BCUT2D eigenvalue weighted by molar-refractivity contribution is 0.442. The van der Waals surface area contributed by atoms with Crippen molar-refractivity contribution in [1.82, 2.24) is 5.32 Å². The zero-order chi connectivity index (χ0) is 12.8. The summed E-state index contributed by atoms with van der Waals surface area (Å²) in [5.41, 5.74) is 1.34. The molecule has 0 aliphatic carbocycles. The molecule has 1 aromatic carbocycles. The molecule has 0 fully saturated rings. The summed E-state index contributed by atoms with van der Waals surface area (Å²) in [7, 11) is 0. The van der Waals surface area contributed by atoms with Gasteiger partial charge in [0.15, 0.2) is 0 Å². The van der Waals surface area contributed by atoms with Crippen LogP contribution in [0.2, 0.25) is 5.02 Å². The Morgan fingerprint density at radius 3 is 2.35 bits per heavy atom. The van der Waals surface area contributed by atoms with E-state index >= 15 is 0 Å². The van der Waals surface area contributed by atoms with Crippen molar-refractivity contribution < 1.29 is 0 Å². The summed E-state index contributed by atoms with van der Waals surface area (Å²) in [4.78, 5) is 0. The molecule has 0 radical (unpaired) electrons. The maximum atomic E-state index is 6.06. The van der Waals surface area contributed by atoms with E-state index in [-0.39, 0.29) is 0 Å². The van der Waals surface area contributed by atoms with Gasteiger partial charge in [0.1, 0.15) is 0 Å². The van der Waals surface area contributed by atoms with Crippen LogP contribution in [0.3, 0.4) is 0 Å². The monoisotopic (exact) mass is 253 g/mol. The van der Waals surface area contributed by atoms with Gasteiger partial charge in [-0.25, -0.2) is 0 Å². The van der Waals surface area contributed by atoms with Crippen LogP contribution in [0.5, 0.6) is 0 Å². The first kappa shape index (κ1) is 14.5. The van der Waals surface area contributed by atoms with Crippen LogP contribution in [-0.2, 0) is 0 Å².